The van der Waals surface area contributed by atoms with E-state index in [4.69, 9.17) is 10.1 Å². The molecule has 0 spiro atoms. The van der Waals surface area contributed by atoms with Crippen molar-refractivity contribution in [2.75, 3.05) is 41.7 Å². The minimum Gasteiger partial charge on any atom is -0.383 e. The van der Waals surface area contributed by atoms with E-state index in [0.717, 1.165) is 69.0 Å². The number of carbonyl (C=O) groups excluding carboxylic acids is 4. The van der Waals surface area contributed by atoms with Gasteiger partial charge in [-0.25, -0.2) is 4.98 Å². The molecule has 2 saturated heterocycles. The molecule has 0 bridgehead atoms. The summed E-state index contributed by atoms with van der Waals surface area (Å²) < 4.78 is 2.98. The van der Waals surface area contributed by atoms with Crippen molar-refractivity contribution in [2.24, 2.45) is 0 Å². The van der Waals surface area contributed by atoms with Crippen molar-refractivity contribution in [3.05, 3.63) is 94.9 Å². The zero-order valence-corrected chi connectivity index (χ0v) is 29.1. The van der Waals surface area contributed by atoms with E-state index in [1.165, 1.54) is 0 Å². The quantitative estimate of drug-likeness (QED) is 0.138. The van der Waals surface area contributed by atoms with Crippen molar-refractivity contribution in [1.82, 2.24) is 30.0 Å². The summed E-state index contributed by atoms with van der Waals surface area (Å²) in [6, 6.07) is 18.6. The third-order valence-corrected chi connectivity index (χ3v) is 10.3. The Hall–Kier alpha value is -5.63. The SMILES string of the molecule is O=C1CCC(N2C(=O)c3ccc(NCCNc4cccc(N5CCC(n6cc(-c7cnc8cccc(Br)c8n7)cn6)CC5)c4)cc3C2=O)C(=O)N1. The highest BCUT2D eigenvalue weighted by Gasteiger charge is 2.44. The molecule has 0 saturated carbocycles. The van der Waals surface area contributed by atoms with Gasteiger partial charge >= 0.3 is 0 Å². The van der Waals surface area contributed by atoms with Gasteiger partial charge in [0.2, 0.25) is 11.8 Å². The van der Waals surface area contributed by atoms with Crippen LogP contribution in [0.3, 0.4) is 0 Å². The molecule has 13 nitrogen and oxygen atoms in total. The molecular formula is C37H34BrN9O4. The van der Waals surface area contributed by atoms with Crippen molar-refractivity contribution < 1.29 is 19.2 Å². The number of nitrogens with one attached hydrogen (secondary N) is 3. The van der Waals surface area contributed by atoms with E-state index in [1.54, 1.807) is 24.4 Å². The van der Waals surface area contributed by atoms with E-state index in [0.29, 0.717) is 24.8 Å². The summed E-state index contributed by atoms with van der Waals surface area (Å²) in [7, 11) is 0. The fraction of sp³-hybridized carbons (Fsp3) is 0.270. The molecule has 2 fully saturated rings. The van der Waals surface area contributed by atoms with Gasteiger partial charge < -0.3 is 15.5 Å². The Morgan fingerprint density at radius 3 is 2.41 bits per heavy atom. The normalized spacial score (nSPS) is 17.9. The smallest absolute Gasteiger partial charge is 0.262 e. The van der Waals surface area contributed by atoms with E-state index >= 15 is 0 Å². The number of rotatable bonds is 9. The number of anilines is 3. The second kappa shape index (κ2) is 13.6. The molecule has 8 rings (SSSR count). The highest BCUT2D eigenvalue weighted by atomic mass is 79.9. The van der Waals surface area contributed by atoms with Crippen LogP contribution in [0.1, 0.15) is 52.4 Å². The summed E-state index contributed by atoms with van der Waals surface area (Å²) in [4.78, 5) is 62.8. The van der Waals surface area contributed by atoms with Gasteiger partial charge in [0.1, 0.15) is 11.6 Å². The first-order valence-corrected chi connectivity index (χ1v) is 17.8. The topological polar surface area (TPSA) is 154 Å². The third-order valence-electron chi connectivity index (χ3n) is 9.69. The summed E-state index contributed by atoms with van der Waals surface area (Å²) >= 11 is 3.58. The Bertz CT molecular complexity index is 2200. The predicted octanol–water partition coefficient (Wildman–Crippen LogP) is 5.02. The van der Waals surface area contributed by atoms with Gasteiger partial charge in [0.05, 0.1) is 40.8 Å². The van der Waals surface area contributed by atoms with Crippen LogP contribution in [0, 0.1) is 0 Å². The number of fused-ring (bicyclic) bond motifs is 2. The van der Waals surface area contributed by atoms with Crippen LogP contribution >= 0.6 is 15.9 Å². The van der Waals surface area contributed by atoms with Crippen molar-refractivity contribution in [1.29, 1.82) is 0 Å². The van der Waals surface area contributed by atoms with Gasteiger partial charge in [-0.2, -0.15) is 5.10 Å². The molecule has 2 aromatic heterocycles. The van der Waals surface area contributed by atoms with Crippen LogP contribution in [0.4, 0.5) is 17.1 Å². The lowest BCUT2D eigenvalue weighted by atomic mass is 10.0. The molecule has 0 aliphatic carbocycles. The van der Waals surface area contributed by atoms with Gasteiger partial charge in [-0.3, -0.25) is 39.1 Å². The zero-order chi connectivity index (χ0) is 35.1. The fourth-order valence-corrected chi connectivity index (χ4v) is 7.45. The lowest BCUT2D eigenvalue weighted by Crippen LogP contribution is -2.54. The summed E-state index contributed by atoms with van der Waals surface area (Å²) in [5.41, 5.74) is 6.80. The second-order valence-electron chi connectivity index (χ2n) is 12.9. The van der Waals surface area contributed by atoms with Crippen LogP contribution in [0.15, 0.2) is 83.7 Å². The van der Waals surface area contributed by atoms with Gasteiger partial charge in [0, 0.05) is 65.9 Å². The molecule has 3 N–H and O–H groups in total. The Morgan fingerprint density at radius 1 is 0.843 bits per heavy atom. The van der Waals surface area contributed by atoms with Crippen molar-refractivity contribution in [3.63, 3.8) is 0 Å². The summed E-state index contributed by atoms with van der Waals surface area (Å²) in [5, 5.41) is 13.7. The van der Waals surface area contributed by atoms with Crippen LogP contribution in [-0.4, -0.2) is 80.5 Å². The number of hydrogen-bond donors (Lipinski definition) is 3. The molecule has 3 aliphatic rings. The van der Waals surface area contributed by atoms with Crippen LogP contribution in [0.25, 0.3) is 22.3 Å². The number of piperidine rings is 2. The van der Waals surface area contributed by atoms with Crippen LogP contribution in [0.2, 0.25) is 0 Å². The number of amides is 4. The molecule has 4 amide bonds. The average molecular weight is 749 g/mol. The number of carbonyl (C=O) groups is 4. The van der Waals surface area contributed by atoms with E-state index in [1.807, 2.05) is 30.5 Å². The number of imide groups is 2. The molecule has 3 aromatic carbocycles. The standard InChI is InChI=1S/C37H34BrN9O4/c38-29-5-2-6-30-34(29)43-31(20-41-30)22-19-42-46(21-22)25-11-15-45(16-12-25)26-4-1-3-23(17-26)39-13-14-40-24-7-8-27-28(18-24)37(51)47(36(27)50)32-9-10-33(48)44-35(32)49/h1-8,17-21,25,32,39-40H,9-16H2,(H,44,48,49). The molecule has 3 aliphatic heterocycles. The lowest BCUT2D eigenvalue weighted by molar-refractivity contribution is -0.136. The van der Waals surface area contributed by atoms with Crippen molar-refractivity contribution >= 4 is 67.7 Å². The number of hydrogen-bond acceptors (Lipinski definition) is 10. The maximum Gasteiger partial charge on any atom is 0.262 e. The highest BCUT2D eigenvalue weighted by Crippen LogP contribution is 2.31. The minimum atomic E-state index is -0.983. The number of para-hydroxylation sites is 1. The van der Waals surface area contributed by atoms with E-state index in [2.05, 4.69) is 70.8 Å². The number of benzene rings is 3. The monoisotopic (exact) mass is 747 g/mol. The minimum absolute atomic E-state index is 0.0844. The van der Waals surface area contributed by atoms with Crippen LogP contribution in [0.5, 0.6) is 0 Å². The summed E-state index contributed by atoms with van der Waals surface area (Å²) in [5.74, 6) is -2.06. The Labute approximate surface area is 301 Å². The summed E-state index contributed by atoms with van der Waals surface area (Å²) in [6.45, 7) is 3.02. The molecule has 0 radical (unpaired) electrons. The molecule has 5 heterocycles. The predicted molar refractivity (Wildman–Crippen MR) is 195 cm³/mol. The molecule has 51 heavy (non-hydrogen) atoms. The number of aromatic nitrogens is 4. The van der Waals surface area contributed by atoms with E-state index in [-0.39, 0.29) is 24.0 Å². The molecule has 1 atom stereocenters. The Balaban J connectivity index is 0.831. The van der Waals surface area contributed by atoms with Gasteiger partial charge in [0.25, 0.3) is 11.8 Å². The Morgan fingerprint density at radius 2 is 1.61 bits per heavy atom. The third kappa shape index (κ3) is 6.42. The van der Waals surface area contributed by atoms with Gasteiger partial charge in [-0.1, -0.05) is 12.1 Å². The first-order chi connectivity index (χ1) is 24.8. The Kier molecular flexibility index (Phi) is 8.68. The van der Waals surface area contributed by atoms with Gasteiger partial charge in [-0.15, -0.1) is 0 Å². The molecular weight excluding hydrogens is 714 g/mol. The van der Waals surface area contributed by atoms with Gasteiger partial charge in [-0.05, 0) is 83.7 Å². The van der Waals surface area contributed by atoms with Crippen LogP contribution in [-0.2, 0) is 9.59 Å². The van der Waals surface area contributed by atoms with Crippen molar-refractivity contribution in [3.8, 4) is 11.3 Å². The van der Waals surface area contributed by atoms with E-state index in [9.17, 15) is 19.2 Å². The number of nitrogens with zero attached hydrogens (tertiary/aromatic N) is 6. The average Bonchev–Trinajstić information content (AvgIpc) is 3.73. The molecule has 14 heteroatoms. The first kappa shape index (κ1) is 32.6. The van der Waals surface area contributed by atoms with Gasteiger partial charge in [0.15, 0.2) is 0 Å². The maximum atomic E-state index is 13.1. The zero-order valence-electron chi connectivity index (χ0n) is 27.5. The first-order valence-electron chi connectivity index (χ1n) is 17.0. The highest BCUT2D eigenvalue weighted by molar-refractivity contribution is 9.10. The van der Waals surface area contributed by atoms with Crippen molar-refractivity contribution in [2.45, 2.75) is 37.8 Å². The lowest BCUT2D eigenvalue weighted by Gasteiger charge is -2.34. The second-order valence-corrected chi connectivity index (χ2v) is 13.8. The fourth-order valence-electron chi connectivity index (χ4n) is 7.00. The van der Waals surface area contributed by atoms with Crippen LogP contribution < -0.4 is 20.9 Å². The molecule has 1 unspecified atom stereocenters. The number of halogens is 1. The van der Waals surface area contributed by atoms with E-state index < -0.39 is 29.7 Å². The molecule has 258 valence electrons. The maximum absolute atomic E-state index is 13.1. The largest absolute Gasteiger partial charge is 0.383 e. The molecule has 5 aromatic rings. The summed E-state index contributed by atoms with van der Waals surface area (Å²) in [6.07, 6.45) is 7.89.